The molecule has 0 fully saturated rings. The fraction of sp³-hybridized carbons (Fsp3) is 0.167. The molecule has 0 bridgehead atoms. The van der Waals surface area contributed by atoms with E-state index >= 15 is 0 Å². The lowest BCUT2D eigenvalue weighted by atomic mass is 10.1. The van der Waals surface area contributed by atoms with Crippen molar-refractivity contribution in [1.82, 2.24) is 29.7 Å². The van der Waals surface area contributed by atoms with Crippen LogP contribution in [-0.2, 0) is 7.05 Å². The number of nitrogens with zero attached hydrogens (tertiary/aromatic N) is 5. The first-order valence-corrected chi connectivity index (χ1v) is 11.7. The van der Waals surface area contributed by atoms with E-state index in [-0.39, 0.29) is 12.5 Å². The van der Waals surface area contributed by atoms with Crippen LogP contribution in [0, 0.1) is 6.92 Å². The minimum Gasteiger partial charge on any atom is -0.394 e. The quantitative estimate of drug-likeness (QED) is 0.368. The predicted octanol–water partition coefficient (Wildman–Crippen LogP) is 4.28. The molecule has 1 unspecified atom stereocenters. The highest BCUT2D eigenvalue weighted by Gasteiger charge is 2.21. The number of aliphatic hydroxyl groups excluding tert-OH is 1. The zero-order chi connectivity index (χ0) is 23.8. The fourth-order valence-corrected chi connectivity index (χ4v) is 4.76. The van der Waals surface area contributed by atoms with Crippen molar-refractivity contribution in [2.24, 2.45) is 7.05 Å². The van der Waals surface area contributed by atoms with Crippen molar-refractivity contribution in [2.45, 2.75) is 13.0 Å². The van der Waals surface area contributed by atoms with Crippen LogP contribution in [0.15, 0.2) is 61.2 Å². The van der Waals surface area contributed by atoms with E-state index < -0.39 is 6.04 Å². The molecule has 2 N–H and O–H groups in total. The molecular formula is C24H21ClN6O2S. The molecule has 4 heterocycles. The first-order valence-electron chi connectivity index (χ1n) is 10.5. The van der Waals surface area contributed by atoms with Crippen LogP contribution in [0.2, 0.25) is 5.02 Å². The number of hydrogen-bond donors (Lipinski definition) is 2. The number of carbonyl (C=O) groups is 1. The minimum atomic E-state index is -0.555. The van der Waals surface area contributed by atoms with Crippen molar-refractivity contribution in [1.29, 1.82) is 0 Å². The Bertz CT molecular complexity index is 1490. The van der Waals surface area contributed by atoms with Crippen LogP contribution in [0.5, 0.6) is 0 Å². The summed E-state index contributed by atoms with van der Waals surface area (Å²) in [4.78, 5) is 18.5. The van der Waals surface area contributed by atoms with Crippen molar-refractivity contribution < 1.29 is 9.90 Å². The molecule has 0 spiro atoms. The molecule has 0 aliphatic heterocycles. The van der Waals surface area contributed by atoms with Crippen molar-refractivity contribution >= 4 is 34.4 Å². The molecule has 1 amide bonds. The Morgan fingerprint density at radius 3 is 2.62 bits per heavy atom. The predicted molar refractivity (Wildman–Crippen MR) is 132 cm³/mol. The fourth-order valence-electron chi connectivity index (χ4n) is 3.80. The third kappa shape index (κ3) is 4.21. The Morgan fingerprint density at radius 1 is 1.12 bits per heavy atom. The lowest BCUT2D eigenvalue weighted by molar-refractivity contribution is 0.0916. The number of nitrogens with one attached hydrogen (secondary N) is 1. The van der Waals surface area contributed by atoms with Crippen LogP contribution >= 0.6 is 22.9 Å². The van der Waals surface area contributed by atoms with E-state index in [1.54, 1.807) is 39.7 Å². The number of thiazole rings is 1. The first-order chi connectivity index (χ1) is 16.4. The lowest BCUT2D eigenvalue weighted by Crippen LogP contribution is -2.30. The maximum atomic E-state index is 12.9. The van der Waals surface area contributed by atoms with E-state index in [9.17, 15) is 9.90 Å². The smallest absolute Gasteiger partial charge is 0.280 e. The summed E-state index contributed by atoms with van der Waals surface area (Å²) in [6, 6.07) is 10.5. The van der Waals surface area contributed by atoms with Crippen LogP contribution in [0.4, 0.5) is 0 Å². The molecule has 8 nitrogen and oxygen atoms in total. The summed E-state index contributed by atoms with van der Waals surface area (Å²) >= 11 is 7.25. The monoisotopic (exact) mass is 492 g/mol. The summed E-state index contributed by atoms with van der Waals surface area (Å²) in [7, 11) is 1.88. The number of amides is 1. The largest absolute Gasteiger partial charge is 0.394 e. The average molecular weight is 493 g/mol. The number of rotatable bonds is 6. The van der Waals surface area contributed by atoms with Gasteiger partial charge in [0, 0.05) is 46.0 Å². The van der Waals surface area contributed by atoms with Crippen molar-refractivity contribution in [3.05, 3.63) is 81.7 Å². The van der Waals surface area contributed by atoms with Gasteiger partial charge in [0.25, 0.3) is 5.91 Å². The molecule has 0 aliphatic carbocycles. The zero-order valence-electron chi connectivity index (χ0n) is 18.4. The number of halogens is 1. The third-order valence-corrected chi connectivity index (χ3v) is 6.78. The Hall–Kier alpha value is -3.53. The Morgan fingerprint density at radius 2 is 1.91 bits per heavy atom. The number of benzene rings is 1. The van der Waals surface area contributed by atoms with Crippen LogP contribution in [0.3, 0.4) is 0 Å². The normalized spacial score (nSPS) is 12.2. The van der Waals surface area contributed by atoms with Gasteiger partial charge in [-0.15, -0.1) is 11.3 Å². The van der Waals surface area contributed by atoms with E-state index in [2.05, 4.69) is 20.5 Å². The highest BCUT2D eigenvalue weighted by atomic mass is 35.5. The molecule has 10 heteroatoms. The van der Waals surface area contributed by atoms with Gasteiger partial charge in [-0.2, -0.15) is 10.2 Å². The van der Waals surface area contributed by atoms with Crippen LogP contribution in [0.1, 0.15) is 26.3 Å². The molecule has 5 aromatic rings. The summed E-state index contributed by atoms with van der Waals surface area (Å²) in [5.41, 5.74) is 5.23. The van der Waals surface area contributed by atoms with Crippen LogP contribution in [-0.4, -0.2) is 42.0 Å². The second-order valence-corrected chi connectivity index (χ2v) is 9.53. The number of carbonyl (C=O) groups excluding carboxylic acids is 1. The van der Waals surface area contributed by atoms with E-state index in [0.717, 1.165) is 32.6 Å². The molecule has 34 heavy (non-hydrogen) atoms. The summed E-state index contributed by atoms with van der Waals surface area (Å²) in [5, 5.41) is 22.3. The molecular weight excluding hydrogens is 472 g/mol. The Labute approximate surface area is 204 Å². The zero-order valence-corrected chi connectivity index (χ0v) is 20.0. The van der Waals surface area contributed by atoms with Crippen LogP contribution in [0.25, 0.3) is 27.9 Å². The van der Waals surface area contributed by atoms with E-state index in [4.69, 9.17) is 11.6 Å². The molecule has 1 aromatic carbocycles. The maximum Gasteiger partial charge on any atom is 0.280 e. The Kier molecular flexibility index (Phi) is 5.91. The maximum absolute atomic E-state index is 12.9. The molecule has 5 rings (SSSR count). The third-order valence-electron chi connectivity index (χ3n) is 5.56. The highest BCUT2D eigenvalue weighted by Crippen LogP contribution is 2.32. The second kappa shape index (κ2) is 9.02. The number of aryl methyl sites for hydroxylation is 2. The molecule has 172 valence electrons. The van der Waals surface area contributed by atoms with Gasteiger partial charge in [-0.3, -0.25) is 9.48 Å². The number of fused-ring (bicyclic) bond motifs is 1. The van der Waals surface area contributed by atoms with Gasteiger partial charge in [0.15, 0.2) is 5.01 Å². The molecule has 4 aromatic heterocycles. The molecule has 0 radical (unpaired) electrons. The molecule has 1 atom stereocenters. The molecule has 0 saturated heterocycles. The summed E-state index contributed by atoms with van der Waals surface area (Å²) in [6.07, 6.45) is 7.47. The summed E-state index contributed by atoms with van der Waals surface area (Å²) < 4.78 is 3.56. The van der Waals surface area contributed by atoms with Gasteiger partial charge in [0.1, 0.15) is 0 Å². The summed E-state index contributed by atoms with van der Waals surface area (Å²) in [6.45, 7) is 1.69. The van der Waals surface area contributed by atoms with Crippen LogP contribution < -0.4 is 5.32 Å². The van der Waals surface area contributed by atoms with E-state index in [0.29, 0.717) is 15.7 Å². The topological polar surface area (TPSA) is 97.3 Å². The van der Waals surface area contributed by atoms with Crippen molar-refractivity contribution in [3.8, 4) is 22.4 Å². The van der Waals surface area contributed by atoms with Gasteiger partial charge in [0.05, 0.1) is 36.3 Å². The number of aliphatic hydroxyl groups is 1. The standard InChI is InChI=1S/C24H21ClN6O2S/c1-14-22(19-10-27-31-12-16(5-8-21(19)31)17-9-26-30(2)11-17)29-24(34-14)23(33)28-20(13-32)15-3-6-18(25)7-4-15/h3-12,20,32H,13H2,1-2H3,(H,28,33). The first kappa shape index (κ1) is 22.3. The van der Waals surface area contributed by atoms with Crippen molar-refractivity contribution in [3.63, 3.8) is 0 Å². The van der Waals surface area contributed by atoms with Gasteiger partial charge >= 0.3 is 0 Å². The van der Waals surface area contributed by atoms with Gasteiger partial charge in [-0.1, -0.05) is 29.8 Å². The minimum absolute atomic E-state index is 0.238. The molecule has 0 saturated carbocycles. The van der Waals surface area contributed by atoms with E-state index in [1.165, 1.54) is 11.3 Å². The van der Waals surface area contributed by atoms with Crippen molar-refractivity contribution in [2.75, 3.05) is 6.61 Å². The summed E-state index contributed by atoms with van der Waals surface area (Å²) in [5.74, 6) is -0.344. The van der Waals surface area contributed by atoms with Gasteiger partial charge in [-0.05, 0) is 30.7 Å². The number of aromatic nitrogens is 5. The van der Waals surface area contributed by atoms with Gasteiger partial charge in [-0.25, -0.2) is 9.50 Å². The molecule has 0 aliphatic rings. The van der Waals surface area contributed by atoms with Gasteiger partial charge in [0.2, 0.25) is 0 Å². The lowest BCUT2D eigenvalue weighted by Gasteiger charge is -2.15. The number of pyridine rings is 1. The highest BCUT2D eigenvalue weighted by molar-refractivity contribution is 7.14. The average Bonchev–Trinajstić information content (AvgIpc) is 3.55. The number of hydrogen-bond acceptors (Lipinski definition) is 6. The SMILES string of the molecule is Cc1sc(C(=O)NC(CO)c2ccc(Cl)cc2)nc1-c1cnn2cc(-c3cnn(C)c3)ccc12. The van der Waals surface area contributed by atoms with E-state index in [1.807, 2.05) is 44.7 Å². The Balaban J connectivity index is 1.41. The van der Waals surface area contributed by atoms with Gasteiger partial charge < -0.3 is 10.4 Å². The second-order valence-electron chi connectivity index (χ2n) is 7.89.